The van der Waals surface area contributed by atoms with E-state index in [1.54, 1.807) is 4.57 Å². The Balaban J connectivity index is 1.40. The Morgan fingerprint density at radius 2 is 1.90 bits per heavy atom. The van der Waals surface area contributed by atoms with Crippen molar-refractivity contribution in [3.63, 3.8) is 0 Å². The van der Waals surface area contributed by atoms with Crippen molar-refractivity contribution >= 4 is 22.5 Å². The predicted molar refractivity (Wildman–Crippen MR) is 146 cm³/mol. The first-order valence-corrected chi connectivity index (χ1v) is 13.8. The van der Waals surface area contributed by atoms with Gasteiger partial charge in [0.2, 0.25) is 5.91 Å². The van der Waals surface area contributed by atoms with Gasteiger partial charge in [0.05, 0.1) is 42.5 Å². The number of hydrogen-bond donors (Lipinski definition) is 3. The zero-order valence-corrected chi connectivity index (χ0v) is 23.3. The highest BCUT2D eigenvalue weighted by Crippen LogP contribution is 2.52. The number of ether oxygens (including phenoxy) is 3. The Labute approximate surface area is 236 Å². The fraction of sp³-hybridized carbons (Fsp3) is 0.500. The molecule has 1 aliphatic heterocycles. The summed E-state index contributed by atoms with van der Waals surface area (Å²) in [5.41, 5.74) is -0.0607. The Kier molecular flexibility index (Phi) is 7.73. The molecule has 0 unspecified atom stereocenters. The highest BCUT2D eigenvalue weighted by Gasteiger charge is 2.53. The van der Waals surface area contributed by atoms with E-state index in [0.29, 0.717) is 41.6 Å². The molecule has 0 bridgehead atoms. The fourth-order valence-corrected chi connectivity index (χ4v) is 5.21. The van der Waals surface area contributed by atoms with Gasteiger partial charge in [-0.1, -0.05) is 33.3 Å². The van der Waals surface area contributed by atoms with Crippen LogP contribution in [0.3, 0.4) is 0 Å². The van der Waals surface area contributed by atoms with Crippen LogP contribution >= 0.6 is 0 Å². The zero-order valence-electron chi connectivity index (χ0n) is 23.3. The van der Waals surface area contributed by atoms with Crippen LogP contribution in [-0.4, -0.2) is 52.9 Å². The number of aliphatic hydroxyl groups is 2. The number of benzene rings is 2. The van der Waals surface area contributed by atoms with Crippen molar-refractivity contribution in [2.24, 2.45) is 0 Å². The van der Waals surface area contributed by atoms with Crippen LogP contribution in [-0.2, 0) is 26.9 Å². The highest BCUT2D eigenvalue weighted by molar-refractivity contribution is 6.02. The van der Waals surface area contributed by atoms with E-state index in [1.807, 2.05) is 26.8 Å². The molecular weight excluding hydrogens is 541 g/mol. The summed E-state index contributed by atoms with van der Waals surface area (Å²) in [5.74, 6) is -1.41. The summed E-state index contributed by atoms with van der Waals surface area (Å²) in [6.45, 7) is 6.35. The van der Waals surface area contributed by atoms with E-state index in [1.165, 1.54) is 30.3 Å². The number of nitrogens with zero attached hydrogens (tertiary/aromatic N) is 1. The number of alkyl halides is 2. The lowest BCUT2D eigenvalue weighted by atomic mass is 9.90. The van der Waals surface area contributed by atoms with Crippen LogP contribution in [0.15, 0.2) is 36.4 Å². The summed E-state index contributed by atoms with van der Waals surface area (Å²) in [7, 11) is 0. The molecule has 41 heavy (non-hydrogen) atoms. The molecule has 0 saturated heterocycles. The highest BCUT2D eigenvalue weighted by atomic mass is 19.3. The van der Waals surface area contributed by atoms with Crippen LogP contribution in [0, 0.1) is 5.82 Å². The van der Waals surface area contributed by atoms with E-state index in [-0.39, 0.29) is 36.9 Å². The average Bonchev–Trinajstić information content (AvgIpc) is 3.57. The number of carbonyl (C=O) groups is 1. The van der Waals surface area contributed by atoms with Gasteiger partial charge in [-0.15, -0.1) is 8.78 Å². The van der Waals surface area contributed by atoms with Crippen LogP contribution in [0.2, 0.25) is 0 Å². The molecule has 1 atom stereocenters. The second kappa shape index (κ2) is 10.8. The van der Waals surface area contributed by atoms with Crippen molar-refractivity contribution in [1.29, 1.82) is 0 Å². The fourth-order valence-electron chi connectivity index (χ4n) is 5.21. The molecule has 3 N–H and O–H groups in total. The van der Waals surface area contributed by atoms with Gasteiger partial charge >= 0.3 is 6.29 Å². The normalized spacial score (nSPS) is 17.6. The molecule has 11 heteroatoms. The van der Waals surface area contributed by atoms with Gasteiger partial charge in [-0.05, 0) is 49.1 Å². The molecule has 1 fully saturated rings. The standard InChI is InChI=1S/C30H35F3N2O6/c1-4-5-10-39-16-20(37)15-35-23-14-21(31)22(11-18(23)12-26(35)28(2,3)17-36)34-27(38)29(8-9-29)19-6-7-24-25(13-19)41-30(32,33)40-24/h6-7,11-14,20,36-37H,4-5,8-10,15-17H2,1-3H3,(H,34,38)/t20-/m1/s1. The molecule has 1 amide bonds. The minimum absolute atomic E-state index is 0.0324. The molecule has 222 valence electrons. The number of carbonyl (C=O) groups excluding carboxylic acids is 1. The number of halogens is 3. The lowest BCUT2D eigenvalue weighted by molar-refractivity contribution is -0.286. The van der Waals surface area contributed by atoms with Crippen molar-refractivity contribution in [2.45, 2.75) is 76.2 Å². The number of aromatic nitrogens is 1. The van der Waals surface area contributed by atoms with Crippen LogP contribution < -0.4 is 14.8 Å². The van der Waals surface area contributed by atoms with Crippen molar-refractivity contribution in [3.05, 3.63) is 53.5 Å². The van der Waals surface area contributed by atoms with Crippen molar-refractivity contribution in [2.75, 3.05) is 25.1 Å². The minimum Gasteiger partial charge on any atom is -0.395 e. The number of nitrogens with one attached hydrogen (secondary N) is 1. The Hall–Kier alpha value is -3.28. The largest absolute Gasteiger partial charge is 0.586 e. The molecule has 1 aromatic heterocycles. The Bertz CT molecular complexity index is 1450. The number of fused-ring (bicyclic) bond motifs is 2. The number of hydrogen-bond acceptors (Lipinski definition) is 6. The number of unbranched alkanes of at least 4 members (excludes halogenated alkanes) is 1. The zero-order chi connectivity index (χ0) is 29.6. The molecule has 8 nitrogen and oxygen atoms in total. The third-order valence-electron chi connectivity index (χ3n) is 7.81. The summed E-state index contributed by atoms with van der Waals surface area (Å²) in [5, 5.41) is 24.0. The average molecular weight is 577 g/mol. The third kappa shape index (κ3) is 5.75. The first-order valence-electron chi connectivity index (χ1n) is 13.8. The maximum atomic E-state index is 15.5. The van der Waals surface area contributed by atoms with Crippen LogP contribution in [0.25, 0.3) is 10.9 Å². The second-order valence-corrected chi connectivity index (χ2v) is 11.5. The molecule has 2 heterocycles. The van der Waals surface area contributed by atoms with Crippen LogP contribution in [0.5, 0.6) is 11.5 Å². The van der Waals surface area contributed by atoms with Crippen molar-refractivity contribution in [1.82, 2.24) is 4.57 Å². The van der Waals surface area contributed by atoms with E-state index in [0.717, 1.165) is 12.8 Å². The Morgan fingerprint density at radius 1 is 1.17 bits per heavy atom. The molecule has 3 aromatic rings. The molecule has 1 saturated carbocycles. The van der Waals surface area contributed by atoms with Crippen LogP contribution in [0.4, 0.5) is 18.9 Å². The second-order valence-electron chi connectivity index (χ2n) is 11.5. The van der Waals surface area contributed by atoms with Gasteiger partial charge in [-0.25, -0.2) is 4.39 Å². The van der Waals surface area contributed by atoms with Crippen molar-refractivity contribution in [3.8, 4) is 11.5 Å². The number of amides is 1. The van der Waals surface area contributed by atoms with E-state index in [9.17, 15) is 23.8 Å². The maximum Gasteiger partial charge on any atom is 0.586 e. The molecule has 2 aromatic carbocycles. The molecule has 1 aliphatic carbocycles. The first kappa shape index (κ1) is 29.2. The first-order chi connectivity index (χ1) is 19.4. The molecule has 5 rings (SSSR count). The van der Waals surface area contributed by atoms with Gasteiger partial charge in [0.1, 0.15) is 5.82 Å². The van der Waals surface area contributed by atoms with Gasteiger partial charge in [-0.2, -0.15) is 0 Å². The summed E-state index contributed by atoms with van der Waals surface area (Å²) >= 11 is 0. The smallest absolute Gasteiger partial charge is 0.395 e. The van der Waals surface area contributed by atoms with Gasteiger partial charge in [0.15, 0.2) is 11.5 Å². The number of rotatable bonds is 12. The lowest BCUT2D eigenvalue weighted by Gasteiger charge is -2.26. The lowest BCUT2D eigenvalue weighted by Crippen LogP contribution is -2.30. The topological polar surface area (TPSA) is 102 Å². The van der Waals surface area contributed by atoms with E-state index in [2.05, 4.69) is 14.8 Å². The molecule has 0 radical (unpaired) electrons. The van der Waals surface area contributed by atoms with Crippen LogP contribution in [0.1, 0.15) is 57.7 Å². The van der Waals surface area contributed by atoms with Crippen molar-refractivity contribution < 1.29 is 42.4 Å². The number of aliphatic hydroxyl groups excluding tert-OH is 2. The van der Waals surface area contributed by atoms with Gasteiger partial charge in [0.25, 0.3) is 0 Å². The quantitative estimate of drug-likeness (QED) is 0.256. The SMILES string of the molecule is CCCCOC[C@H](O)Cn1c(C(C)(C)CO)cc2cc(NC(=O)C3(c4ccc5c(c4)OC(F)(F)O5)CC3)c(F)cc21. The van der Waals surface area contributed by atoms with E-state index < -0.39 is 35.0 Å². The molecular formula is C30H35F3N2O6. The summed E-state index contributed by atoms with van der Waals surface area (Å²) in [4.78, 5) is 13.4. The molecule has 0 spiro atoms. The van der Waals surface area contributed by atoms with Gasteiger partial charge in [0, 0.05) is 29.2 Å². The maximum absolute atomic E-state index is 15.5. The summed E-state index contributed by atoms with van der Waals surface area (Å²) in [6, 6.07) is 8.88. The molecule has 2 aliphatic rings. The van der Waals surface area contributed by atoms with Gasteiger partial charge in [-0.3, -0.25) is 4.79 Å². The van der Waals surface area contributed by atoms with Gasteiger partial charge < -0.3 is 34.3 Å². The monoisotopic (exact) mass is 576 g/mol. The minimum atomic E-state index is -3.77. The summed E-state index contributed by atoms with van der Waals surface area (Å²) < 4.78 is 58.7. The van der Waals surface area contributed by atoms with E-state index >= 15 is 4.39 Å². The Morgan fingerprint density at radius 3 is 2.59 bits per heavy atom. The number of anilines is 1. The van der Waals surface area contributed by atoms with E-state index in [4.69, 9.17) is 4.74 Å². The summed E-state index contributed by atoms with van der Waals surface area (Å²) in [6.07, 6.45) is -1.84. The third-order valence-corrected chi connectivity index (χ3v) is 7.81. The predicted octanol–water partition coefficient (Wildman–Crippen LogP) is 5.22.